The zero-order chi connectivity index (χ0) is 23.4. The predicted octanol–water partition coefficient (Wildman–Crippen LogP) is 3.72. The molecule has 33 heavy (non-hydrogen) atoms. The minimum absolute atomic E-state index is 0.0997. The number of hydrogen-bond donors (Lipinski definition) is 3. The van der Waals surface area contributed by atoms with Gasteiger partial charge in [0.1, 0.15) is 0 Å². The summed E-state index contributed by atoms with van der Waals surface area (Å²) >= 11 is 0. The van der Waals surface area contributed by atoms with Crippen LogP contribution in [0.2, 0.25) is 0 Å². The molecule has 1 aliphatic heterocycles. The average molecular weight is 448 g/mol. The fourth-order valence-corrected chi connectivity index (χ4v) is 4.32. The topological polar surface area (TPSA) is 89.8 Å². The number of urea groups is 1. The summed E-state index contributed by atoms with van der Waals surface area (Å²) in [6.45, 7) is 6.21. The third-order valence-corrected chi connectivity index (χ3v) is 6.07. The smallest absolute Gasteiger partial charge is 0.321 e. The van der Waals surface area contributed by atoms with Crippen molar-refractivity contribution in [3.63, 3.8) is 0 Å². The Bertz CT molecular complexity index is 1090. The van der Waals surface area contributed by atoms with E-state index in [1.165, 1.54) is 0 Å². The number of rotatable bonds is 5. The quantitative estimate of drug-likeness (QED) is 0.411. The van der Waals surface area contributed by atoms with Gasteiger partial charge in [-0.3, -0.25) is 14.9 Å². The Hall–Kier alpha value is -3.62. The SMILES string of the molecule is C[C@@H]1CN(C(=O)Nc2cccc(-n3cccc3)c2)C[C@H](C)N1Cc1ccc(C(=O)NO)cc1. The van der Waals surface area contributed by atoms with Gasteiger partial charge < -0.3 is 14.8 Å². The molecule has 3 N–H and O–H groups in total. The van der Waals surface area contributed by atoms with Crippen molar-refractivity contribution in [2.24, 2.45) is 0 Å². The van der Waals surface area contributed by atoms with E-state index in [0.717, 1.165) is 23.5 Å². The lowest BCUT2D eigenvalue weighted by molar-refractivity contribution is 0.0526. The molecule has 0 bridgehead atoms. The molecule has 0 aliphatic carbocycles. The lowest BCUT2D eigenvalue weighted by atomic mass is 10.1. The van der Waals surface area contributed by atoms with Crippen LogP contribution in [0.5, 0.6) is 0 Å². The molecule has 2 heterocycles. The van der Waals surface area contributed by atoms with E-state index >= 15 is 0 Å². The molecule has 0 saturated carbocycles. The lowest BCUT2D eigenvalue weighted by Crippen LogP contribution is -2.58. The number of aromatic nitrogens is 1. The maximum Gasteiger partial charge on any atom is 0.321 e. The van der Waals surface area contributed by atoms with Gasteiger partial charge in [-0.25, -0.2) is 10.3 Å². The molecule has 4 rings (SSSR count). The second-order valence-corrected chi connectivity index (χ2v) is 8.48. The van der Waals surface area contributed by atoms with E-state index in [0.29, 0.717) is 18.7 Å². The van der Waals surface area contributed by atoms with Gasteiger partial charge in [0.2, 0.25) is 0 Å². The van der Waals surface area contributed by atoms with Crippen LogP contribution in [0.1, 0.15) is 29.8 Å². The molecule has 3 amide bonds. The zero-order valence-corrected chi connectivity index (χ0v) is 18.8. The first-order valence-corrected chi connectivity index (χ1v) is 11.0. The van der Waals surface area contributed by atoms with E-state index in [9.17, 15) is 9.59 Å². The van der Waals surface area contributed by atoms with Gasteiger partial charge in [0.15, 0.2) is 0 Å². The summed E-state index contributed by atoms with van der Waals surface area (Å²) in [4.78, 5) is 28.7. The van der Waals surface area contributed by atoms with Crippen LogP contribution in [-0.4, -0.2) is 56.7 Å². The van der Waals surface area contributed by atoms with E-state index in [2.05, 4.69) is 24.1 Å². The van der Waals surface area contributed by atoms with Crippen molar-refractivity contribution in [3.05, 3.63) is 84.2 Å². The molecule has 2 aromatic carbocycles. The van der Waals surface area contributed by atoms with E-state index in [4.69, 9.17) is 5.21 Å². The second-order valence-electron chi connectivity index (χ2n) is 8.48. The Kier molecular flexibility index (Phi) is 6.76. The molecule has 0 unspecified atom stereocenters. The number of piperazine rings is 1. The number of carbonyl (C=O) groups is 2. The van der Waals surface area contributed by atoms with E-state index in [1.54, 1.807) is 17.6 Å². The molecule has 8 nitrogen and oxygen atoms in total. The molecule has 0 radical (unpaired) electrons. The van der Waals surface area contributed by atoms with Gasteiger partial charge in [-0.05, 0) is 61.9 Å². The summed E-state index contributed by atoms with van der Waals surface area (Å²) in [6, 6.07) is 19.1. The van der Waals surface area contributed by atoms with Gasteiger partial charge in [0.25, 0.3) is 5.91 Å². The minimum atomic E-state index is -0.526. The number of benzene rings is 2. The Morgan fingerprint density at radius 2 is 1.64 bits per heavy atom. The summed E-state index contributed by atoms with van der Waals surface area (Å²) in [5.74, 6) is -0.526. The number of carbonyl (C=O) groups excluding carboxylic acids is 2. The van der Waals surface area contributed by atoms with Gasteiger partial charge in [0.05, 0.1) is 0 Å². The van der Waals surface area contributed by atoms with Crippen molar-refractivity contribution in [2.45, 2.75) is 32.5 Å². The third-order valence-electron chi connectivity index (χ3n) is 6.07. The summed E-state index contributed by atoms with van der Waals surface area (Å²) in [7, 11) is 0. The summed E-state index contributed by atoms with van der Waals surface area (Å²) in [5, 5.41) is 11.8. The highest BCUT2D eigenvalue weighted by molar-refractivity contribution is 5.93. The number of hydrogen-bond acceptors (Lipinski definition) is 4. The first-order valence-electron chi connectivity index (χ1n) is 11.0. The maximum atomic E-state index is 13.0. The van der Waals surface area contributed by atoms with E-state index in [-0.39, 0.29) is 18.1 Å². The molecule has 3 aromatic rings. The van der Waals surface area contributed by atoms with E-state index < -0.39 is 5.91 Å². The Balaban J connectivity index is 1.37. The zero-order valence-electron chi connectivity index (χ0n) is 18.8. The standard InChI is InChI=1S/C25H29N5O3/c1-18-15-29(25(32)26-22-6-5-7-23(14-22)28-12-3-4-13-28)16-19(2)30(18)17-20-8-10-21(11-9-20)24(31)27-33/h3-14,18-19,33H,15-17H2,1-2H3,(H,26,32)(H,27,31)/t18-,19+. The highest BCUT2D eigenvalue weighted by Gasteiger charge is 2.31. The Labute approximate surface area is 193 Å². The first kappa shape index (κ1) is 22.6. The predicted molar refractivity (Wildman–Crippen MR) is 127 cm³/mol. The molecule has 1 aromatic heterocycles. The molecular weight excluding hydrogens is 418 g/mol. The second kappa shape index (κ2) is 9.89. The molecule has 1 aliphatic rings. The van der Waals surface area contributed by atoms with Gasteiger partial charge >= 0.3 is 6.03 Å². The summed E-state index contributed by atoms with van der Waals surface area (Å²) in [5.41, 5.74) is 4.88. The van der Waals surface area contributed by atoms with Crippen molar-refractivity contribution in [2.75, 3.05) is 18.4 Å². The molecule has 0 spiro atoms. The Morgan fingerprint density at radius 3 is 2.27 bits per heavy atom. The van der Waals surface area contributed by atoms with E-state index in [1.807, 2.05) is 70.4 Å². The third kappa shape index (κ3) is 5.24. The van der Waals surface area contributed by atoms with Crippen molar-refractivity contribution < 1.29 is 14.8 Å². The van der Waals surface area contributed by atoms with Crippen LogP contribution in [0.4, 0.5) is 10.5 Å². The Morgan fingerprint density at radius 1 is 0.970 bits per heavy atom. The number of nitrogens with one attached hydrogen (secondary N) is 2. The number of nitrogens with zero attached hydrogens (tertiary/aromatic N) is 3. The van der Waals surface area contributed by atoms with Crippen molar-refractivity contribution in [1.82, 2.24) is 19.8 Å². The van der Waals surface area contributed by atoms with Crippen LogP contribution in [0.25, 0.3) is 5.69 Å². The maximum absolute atomic E-state index is 13.0. The van der Waals surface area contributed by atoms with Crippen LogP contribution in [0, 0.1) is 0 Å². The molecule has 2 atom stereocenters. The minimum Gasteiger partial charge on any atom is -0.324 e. The molecular formula is C25H29N5O3. The monoisotopic (exact) mass is 447 g/mol. The van der Waals surface area contributed by atoms with Crippen molar-refractivity contribution in [3.8, 4) is 5.69 Å². The van der Waals surface area contributed by atoms with Gasteiger partial charge in [-0.2, -0.15) is 0 Å². The number of anilines is 1. The molecule has 8 heteroatoms. The van der Waals surface area contributed by atoms with Crippen LogP contribution >= 0.6 is 0 Å². The molecule has 172 valence electrons. The highest BCUT2D eigenvalue weighted by atomic mass is 16.5. The molecule has 1 saturated heterocycles. The van der Waals surface area contributed by atoms with Crippen molar-refractivity contribution >= 4 is 17.6 Å². The van der Waals surface area contributed by atoms with Crippen LogP contribution in [-0.2, 0) is 6.54 Å². The fraction of sp³-hybridized carbons (Fsp3) is 0.280. The van der Waals surface area contributed by atoms with Gasteiger partial charge in [-0.1, -0.05) is 18.2 Å². The highest BCUT2D eigenvalue weighted by Crippen LogP contribution is 2.21. The fourth-order valence-electron chi connectivity index (χ4n) is 4.32. The van der Waals surface area contributed by atoms with Crippen LogP contribution in [0.15, 0.2) is 73.1 Å². The largest absolute Gasteiger partial charge is 0.324 e. The lowest BCUT2D eigenvalue weighted by Gasteiger charge is -2.44. The summed E-state index contributed by atoms with van der Waals surface area (Å²) in [6.07, 6.45) is 3.94. The normalized spacial score (nSPS) is 18.7. The van der Waals surface area contributed by atoms with Crippen LogP contribution < -0.4 is 10.8 Å². The number of hydroxylamine groups is 1. The van der Waals surface area contributed by atoms with Gasteiger partial charge in [0, 0.05) is 61.0 Å². The average Bonchev–Trinajstić information content (AvgIpc) is 3.36. The van der Waals surface area contributed by atoms with Gasteiger partial charge in [-0.15, -0.1) is 0 Å². The first-order chi connectivity index (χ1) is 15.9. The number of amides is 3. The summed E-state index contributed by atoms with van der Waals surface area (Å²) < 4.78 is 2.00. The van der Waals surface area contributed by atoms with Crippen molar-refractivity contribution in [1.29, 1.82) is 0 Å². The molecule has 1 fully saturated rings. The van der Waals surface area contributed by atoms with Crippen LogP contribution in [0.3, 0.4) is 0 Å².